The van der Waals surface area contributed by atoms with Crippen molar-refractivity contribution in [3.63, 3.8) is 0 Å². The fourth-order valence-corrected chi connectivity index (χ4v) is 2.45. The maximum absolute atomic E-state index is 12.1. The van der Waals surface area contributed by atoms with Gasteiger partial charge in [-0.1, -0.05) is 0 Å². The zero-order valence-corrected chi connectivity index (χ0v) is 10.1. The van der Waals surface area contributed by atoms with Crippen LogP contribution in [0.5, 0.6) is 0 Å². The molecule has 2 amide bonds. The normalized spacial score (nSPS) is 30.5. The number of likely N-dealkylation sites (tertiary alicyclic amines) is 2. The van der Waals surface area contributed by atoms with E-state index >= 15 is 0 Å². The zero-order chi connectivity index (χ0) is 11.7. The number of hydrogen-bond donors (Lipinski definition) is 1. The zero-order valence-electron chi connectivity index (χ0n) is 10.1. The molecule has 92 valence electrons. The second kappa shape index (κ2) is 4.59. The highest BCUT2D eigenvalue weighted by Crippen LogP contribution is 2.18. The van der Waals surface area contributed by atoms with Gasteiger partial charge in [-0.05, 0) is 26.9 Å². The first-order chi connectivity index (χ1) is 7.58. The van der Waals surface area contributed by atoms with Crippen molar-refractivity contribution in [3.05, 3.63) is 0 Å². The molecule has 2 heterocycles. The molecule has 2 aliphatic heterocycles. The molecule has 0 saturated carbocycles. The summed E-state index contributed by atoms with van der Waals surface area (Å²) in [5.74, 6) is 0. The van der Waals surface area contributed by atoms with E-state index in [1.54, 1.807) is 4.90 Å². The topological polar surface area (TPSA) is 47.0 Å². The summed E-state index contributed by atoms with van der Waals surface area (Å²) in [6.45, 7) is 2.86. The third-order valence-electron chi connectivity index (χ3n) is 3.60. The van der Waals surface area contributed by atoms with Crippen molar-refractivity contribution in [2.24, 2.45) is 0 Å². The lowest BCUT2D eigenvalue weighted by Crippen LogP contribution is -2.42. The summed E-state index contributed by atoms with van der Waals surface area (Å²) in [4.78, 5) is 17.9. The lowest BCUT2D eigenvalue weighted by Gasteiger charge is -2.25. The molecule has 5 heteroatoms. The molecule has 0 bridgehead atoms. The van der Waals surface area contributed by atoms with Crippen LogP contribution in [-0.2, 0) is 0 Å². The highest BCUT2D eigenvalue weighted by Gasteiger charge is 2.33. The quantitative estimate of drug-likeness (QED) is 0.675. The molecular formula is C11H21N3O2. The molecule has 0 aromatic heterocycles. The number of aliphatic hydroxyl groups is 1. The van der Waals surface area contributed by atoms with E-state index < -0.39 is 0 Å². The minimum atomic E-state index is -0.323. The van der Waals surface area contributed by atoms with Gasteiger partial charge in [0.25, 0.3) is 0 Å². The van der Waals surface area contributed by atoms with Crippen molar-refractivity contribution in [3.8, 4) is 0 Å². The molecule has 0 aromatic carbocycles. The highest BCUT2D eigenvalue weighted by molar-refractivity contribution is 5.75. The van der Waals surface area contributed by atoms with Gasteiger partial charge in [-0.2, -0.15) is 0 Å². The van der Waals surface area contributed by atoms with E-state index in [2.05, 4.69) is 19.0 Å². The van der Waals surface area contributed by atoms with Crippen LogP contribution in [0, 0.1) is 0 Å². The summed E-state index contributed by atoms with van der Waals surface area (Å²) in [5.41, 5.74) is 0. The molecule has 2 saturated heterocycles. The van der Waals surface area contributed by atoms with E-state index in [-0.39, 0.29) is 12.1 Å². The Bertz CT molecular complexity index is 270. The molecule has 2 aliphatic rings. The lowest BCUT2D eigenvalue weighted by atomic mass is 10.2. The van der Waals surface area contributed by atoms with Crippen LogP contribution in [0.2, 0.25) is 0 Å². The van der Waals surface area contributed by atoms with Crippen molar-refractivity contribution < 1.29 is 9.90 Å². The largest absolute Gasteiger partial charge is 0.391 e. The van der Waals surface area contributed by atoms with Gasteiger partial charge < -0.3 is 19.8 Å². The van der Waals surface area contributed by atoms with Gasteiger partial charge in [0.05, 0.1) is 6.10 Å². The first-order valence-corrected chi connectivity index (χ1v) is 5.96. The number of nitrogens with zero attached hydrogens (tertiary/aromatic N) is 3. The van der Waals surface area contributed by atoms with Crippen molar-refractivity contribution in [1.29, 1.82) is 0 Å². The fraction of sp³-hybridized carbons (Fsp3) is 0.909. The number of β-amino-alcohol motifs (C(OH)–C–C–N with tert-alkyl or cyclic N) is 1. The van der Waals surface area contributed by atoms with Crippen LogP contribution in [0.25, 0.3) is 0 Å². The molecule has 5 nitrogen and oxygen atoms in total. The van der Waals surface area contributed by atoms with Gasteiger partial charge in [-0.25, -0.2) is 4.79 Å². The molecule has 2 fully saturated rings. The van der Waals surface area contributed by atoms with Crippen molar-refractivity contribution >= 4 is 6.03 Å². The van der Waals surface area contributed by atoms with Crippen LogP contribution in [0.15, 0.2) is 0 Å². The van der Waals surface area contributed by atoms with Crippen molar-refractivity contribution in [2.75, 3.05) is 40.3 Å². The Balaban J connectivity index is 1.87. The molecule has 0 spiro atoms. The van der Waals surface area contributed by atoms with Crippen molar-refractivity contribution in [2.45, 2.75) is 25.0 Å². The van der Waals surface area contributed by atoms with Crippen LogP contribution in [0.4, 0.5) is 4.79 Å². The van der Waals surface area contributed by atoms with Crippen molar-refractivity contribution in [1.82, 2.24) is 14.7 Å². The van der Waals surface area contributed by atoms with Gasteiger partial charge >= 0.3 is 6.03 Å². The average Bonchev–Trinajstić information content (AvgIpc) is 2.84. The van der Waals surface area contributed by atoms with Crippen LogP contribution >= 0.6 is 0 Å². The molecular weight excluding hydrogens is 206 g/mol. The number of amides is 2. The van der Waals surface area contributed by atoms with E-state index in [9.17, 15) is 9.90 Å². The summed E-state index contributed by atoms with van der Waals surface area (Å²) in [5, 5.41) is 9.41. The number of urea groups is 1. The van der Waals surface area contributed by atoms with E-state index in [1.807, 2.05) is 4.90 Å². The number of carbonyl (C=O) groups excluding carboxylic acids is 1. The van der Waals surface area contributed by atoms with Crippen LogP contribution < -0.4 is 0 Å². The lowest BCUT2D eigenvalue weighted by molar-refractivity contribution is 0.151. The van der Waals surface area contributed by atoms with Crippen LogP contribution in [0.1, 0.15) is 12.8 Å². The van der Waals surface area contributed by atoms with E-state index in [0.29, 0.717) is 19.1 Å². The first-order valence-electron chi connectivity index (χ1n) is 5.96. The second-order valence-corrected chi connectivity index (χ2v) is 5.02. The minimum Gasteiger partial charge on any atom is -0.391 e. The Morgan fingerprint density at radius 3 is 2.31 bits per heavy atom. The standard InChI is InChI=1S/C11H21N3O2/c1-12(2)9-3-5-13(7-9)11(16)14-6-4-10(15)8-14/h9-10,15H,3-8H2,1-2H3/t9-,10-/m0/s1. The molecule has 0 radical (unpaired) electrons. The highest BCUT2D eigenvalue weighted by atomic mass is 16.3. The molecule has 0 aliphatic carbocycles. The SMILES string of the molecule is CN(C)[C@H]1CCN(C(=O)N2CC[C@H](O)C2)C1. The maximum atomic E-state index is 12.1. The van der Waals surface area contributed by atoms with Gasteiger partial charge in [0.1, 0.15) is 0 Å². The number of rotatable bonds is 1. The third-order valence-corrected chi connectivity index (χ3v) is 3.60. The molecule has 2 atom stereocenters. The van der Waals surface area contributed by atoms with E-state index in [1.165, 1.54) is 0 Å². The fourth-order valence-electron chi connectivity index (χ4n) is 2.45. The van der Waals surface area contributed by atoms with Gasteiger partial charge in [0.15, 0.2) is 0 Å². The predicted molar refractivity (Wildman–Crippen MR) is 61.3 cm³/mol. The molecule has 2 rings (SSSR count). The predicted octanol–water partition coefficient (Wildman–Crippen LogP) is -0.191. The molecule has 0 unspecified atom stereocenters. The van der Waals surface area contributed by atoms with Gasteiger partial charge in [-0.15, -0.1) is 0 Å². The summed E-state index contributed by atoms with van der Waals surface area (Å²) in [7, 11) is 4.11. The number of hydrogen-bond acceptors (Lipinski definition) is 3. The summed E-state index contributed by atoms with van der Waals surface area (Å²) >= 11 is 0. The number of aliphatic hydroxyl groups excluding tert-OH is 1. The maximum Gasteiger partial charge on any atom is 0.320 e. The first kappa shape index (κ1) is 11.7. The van der Waals surface area contributed by atoms with Crippen LogP contribution in [-0.4, -0.2) is 78.3 Å². The number of carbonyl (C=O) groups is 1. The van der Waals surface area contributed by atoms with E-state index in [4.69, 9.17) is 0 Å². The minimum absolute atomic E-state index is 0.0981. The third kappa shape index (κ3) is 2.30. The second-order valence-electron chi connectivity index (χ2n) is 5.02. The molecule has 16 heavy (non-hydrogen) atoms. The number of likely N-dealkylation sites (N-methyl/N-ethyl adjacent to an activating group) is 1. The Morgan fingerprint density at radius 2 is 1.81 bits per heavy atom. The smallest absolute Gasteiger partial charge is 0.320 e. The Hall–Kier alpha value is -0.810. The Kier molecular flexibility index (Phi) is 3.35. The van der Waals surface area contributed by atoms with E-state index in [0.717, 1.165) is 25.9 Å². The Morgan fingerprint density at radius 1 is 1.19 bits per heavy atom. The monoisotopic (exact) mass is 227 g/mol. The average molecular weight is 227 g/mol. The van der Waals surface area contributed by atoms with Gasteiger partial charge in [-0.3, -0.25) is 0 Å². The summed E-state index contributed by atoms with van der Waals surface area (Å²) in [6, 6.07) is 0.581. The van der Waals surface area contributed by atoms with Gasteiger partial charge in [0, 0.05) is 32.2 Å². The van der Waals surface area contributed by atoms with Gasteiger partial charge in [0.2, 0.25) is 0 Å². The molecule has 0 aromatic rings. The summed E-state index contributed by atoms with van der Waals surface area (Å²) < 4.78 is 0. The Labute approximate surface area is 96.6 Å². The molecule has 1 N–H and O–H groups in total. The van der Waals surface area contributed by atoms with Crippen LogP contribution in [0.3, 0.4) is 0 Å². The summed E-state index contributed by atoms with van der Waals surface area (Å²) in [6.07, 6.45) is 1.45.